The zero-order valence-corrected chi connectivity index (χ0v) is 11.9. The van der Waals surface area contributed by atoms with Crippen molar-refractivity contribution in [3.05, 3.63) is 52.3 Å². The van der Waals surface area contributed by atoms with E-state index in [2.05, 4.69) is 21.0 Å². The third-order valence-corrected chi connectivity index (χ3v) is 3.13. The van der Waals surface area contributed by atoms with Gasteiger partial charge in [-0.1, -0.05) is 15.9 Å². The molecule has 2 rings (SSSR count). The van der Waals surface area contributed by atoms with E-state index in [4.69, 9.17) is 0 Å². The van der Waals surface area contributed by atoms with Crippen LogP contribution in [0.25, 0.3) is 0 Å². The lowest BCUT2D eigenvalue weighted by Gasteiger charge is -2.15. The lowest BCUT2D eigenvalue weighted by Crippen LogP contribution is -2.26. The van der Waals surface area contributed by atoms with Gasteiger partial charge in [-0.2, -0.15) is 5.10 Å². The summed E-state index contributed by atoms with van der Waals surface area (Å²) >= 11 is 3.35. The maximum atomic E-state index is 12.1. The lowest BCUT2D eigenvalue weighted by molar-refractivity contribution is 0.0783. The number of rotatable bonds is 3. The molecule has 1 aromatic heterocycles. The van der Waals surface area contributed by atoms with Crippen LogP contribution < -0.4 is 0 Å². The van der Waals surface area contributed by atoms with Crippen molar-refractivity contribution in [1.29, 1.82) is 0 Å². The maximum Gasteiger partial charge on any atom is 0.253 e. The molecule has 1 aromatic carbocycles. The predicted molar refractivity (Wildman–Crippen MR) is 73.1 cm³/mol. The highest BCUT2D eigenvalue weighted by Crippen LogP contribution is 2.12. The minimum absolute atomic E-state index is 0.00634. The molecule has 0 bridgehead atoms. The number of aryl methyl sites for hydroxylation is 1. The monoisotopic (exact) mass is 307 g/mol. The van der Waals surface area contributed by atoms with Crippen molar-refractivity contribution in [1.82, 2.24) is 14.7 Å². The van der Waals surface area contributed by atoms with Crippen molar-refractivity contribution < 1.29 is 4.79 Å². The molecule has 0 spiro atoms. The number of nitrogens with zero attached hydrogens (tertiary/aromatic N) is 3. The molecule has 0 saturated heterocycles. The van der Waals surface area contributed by atoms with Crippen LogP contribution in [0.4, 0.5) is 0 Å². The van der Waals surface area contributed by atoms with Crippen molar-refractivity contribution in [2.75, 3.05) is 7.05 Å². The van der Waals surface area contributed by atoms with E-state index in [1.807, 2.05) is 31.4 Å². The van der Waals surface area contributed by atoms with E-state index in [-0.39, 0.29) is 5.91 Å². The first-order valence-corrected chi connectivity index (χ1v) is 6.35. The third-order valence-electron chi connectivity index (χ3n) is 2.61. The van der Waals surface area contributed by atoms with Gasteiger partial charge in [-0.25, -0.2) is 0 Å². The average Bonchev–Trinajstić information content (AvgIpc) is 2.75. The van der Waals surface area contributed by atoms with Gasteiger partial charge in [-0.15, -0.1) is 0 Å². The average molecular weight is 308 g/mol. The Labute approximate surface area is 114 Å². The minimum atomic E-state index is -0.00634. The molecule has 0 aliphatic heterocycles. The maximum absolute atomic E-state index is 12.1. The Hall–Kier alpha value is -1.62. The lowest BCUT2D eigenvalue weighted by atomic mass is 10.2. The van der Waals surface area contributed by atoms with Crippen molar-refractivity contribution in [2.45, 2.75) is 6.54 Å². The smallest absolute Gasteiger partial charge is 0.253 e. The number of aromatic nitrogens is 2. The first-order valence-electron chi connectivity index (χ1n) is 5.56. The highest BCUT2D eigenvalue weighted by molar-refractivity contribution is 9.10. The number of amides is 1. The van der Waals surface area contributed by atoms with Crippen LogP contribution in [0.1, 0.15) is 16.1 Å². The van der Waals surface area contributed by atoms with Crippen molar-refractivity contribution >= 4 is 21.8 Å². The van der Waals surface area contributed by atoms with Gasteiger partial charge in [0, 0.05) is 30.3 Å². The van der Waals surface area contributed by atoms with Gasteiger partial charge >= 0.3 is 0 Å². The van der Waals surface area contributed by atoms with E-state index < -0.39 is 0 Å². The van der Waals surface area contributed by atoms with Crippen LogP contribution >= 0.6 is 15.9 Å². The molecule has 94 valence electrons. The molecule has 1 amide bonds. The van der Waals surface area contributed by atoms with E-state index in [0.29, 0.717) is 12.1 Å². The van der Waals surface area contributed by atoms with Crippen LogP contribution in [0.3, 0.4) is 0 Å². The van der Waals surface area contributed by atoms with Gasteiger partial charge in [0.15, 0.2) is 0 Å². The zero-order valence-electron chi connectivity index (χ0n) is 10.3. The quantitative estimate of drug-likeness (QED) is 0.873. The standard InChI is InChI=1S/C13H14BrN3O/c1-16(9-12-7-8-17(2)15-12)13(18)10-3-5-11(14)6-4-10/h3-8H,9H2,1-2H3. The summed E-state index contributed by atoms with van der Waals surface area (Å²) in [5.74, 6) is -0.00634. The summed E-state index contributed by atoms with van der Waals surface area (Å²) in [4.78, 5) is 13.8. The Morgan fingerprint density at radius 1 is 1.33 bits per heavy atom. The van der Waals surface area contributed by atoms with Crippen molar-refractivity contribution in [2.24, 2.45) is 7.05 Å². The molecule has 0 saturated carbocycles. The second kappa shape index (κ2) is 5.35. The summed E-state index contributed by atoms with van der Waals surface area (Å²) in [6.07, 6.45) is 1.87. The number of halogens is 1. The van der Waals surface area contributed by atoms with E-state index in [1.54, 1.807) is 28.8 Å². The molecule has 0 atom stereocenters. The fourth-order valence-electron chi connectivity index (χ4n) is 1.68. The molecular formula is C13H14BrN3O. The van der Waals surface area contributed by atoms with Gasteiger partial charge in [0.1, 0.15) is 0 Å². The molecule has 0 unspecified atom stereocenters. The van der Waals surface area contributed by atoms with E-state index in [9.17, 15) is 4.79 Å². The van der Waals surface area contributed by atoms with Crippen LogP contribution in [-0.4, -0.2) is 27.6 Å². The van der Waals surface area contributed by atoms with Gasteiger partial charge in [0.2, 0.25) is 0 Å². The Balaban J connectivity index is 2.07. The molecule has 4 nitrogen and oxygen atoms in total. The molecule has 0 N–H and O–H groups in total. The Morgan fingerprint density at radius 2 is 2.00 bits per heavy atom. The van der Waals surface area contributed by atoms with Crippen LogP contribution in [0.15, 0.2) is 41.0 Å². The Bertz CT molecular complexity index is 548. The first-order chi connectivity index (χ1) is 8.56. The van der Waals surface area contributed by atoms with Gasteiger partial charge in [0.25, 0.3) is 5.91 Å². The summed E-state index contributed by atoms with van der Waals surface area (Å²) in [5.41, 5.74) is 1.56. The summed E-state index contributed by atoms with van der Waals surface area (Å²) in [6.45, 7) is 0.510. The van der Waals surface area contributed by atoms with Crippen LogP contribution in [0.2, 0.25) is 0 Å². The molecule has 1 heterocycles. The molecule has 5 heteroatoms. The number of hydrogen-bond acceptors (Lipinski definition) is 2. The van der Waals surface area contributed by atoms with E-state index >= 15 is 0 Å². The fourth-order valence-corrected chi connectivity index (χ4v) is 1.94. The zero-order chi connectivity index (χ0) is 13.1. The van der Waals surface area contributed by atoms with Crippen LogP contribution in [0, 0.1) is 0 Å². The van der Waals surface area contributed by atoms with Gasteiger partial charge in [-0.05, 0) is 30.3 Å². The number of carbonyl (C=O) groups is 1. The normalized spacial score (nSPS) is 10.4. The van der Waals surface area contributed by atoms with Gasteiger partial charge in [-0.3, -0.25) is 9.48 Å². The molecule has 0 fully saturated rings. The van der Waals surface area contributed by atoms with E-state index in [0.717, 1.165) is 10.2 Å². The second-order valence-corrected chi connectivity index (χ2v) is 5.06. The minimum Gasteiger partial charge on any atom is -0.336 e. The highest BCUT2D eigenvalue weighted by atomic mass is 79.9. The fraction of sp³-hybridized carbons (Fsp3) is 0.231. The molecule has 2 aromatic rings. The summed E-state index contributed by atoms with van der Waals surface area (Å²) in [5, 5.41) is 4.26. The predicted octanol–water partition coefficient (Wildman–Crippen LogP) is 2.45. The van der Waals surface area contributed by atoms with Crippen LogP contribution in [0.5, 0.6) is 0 Å². The Morgan fingerprint density at radius 3 is 2.56 bits per heavy atom. The molecular weight excluding hydrogens is 294 g/mol. The second-order valence-electron chi connectivity index (χ2n) is 4.15. The van der Waals surface area contributed by atoms with Crippen LogP contribution in [-0.2, 0) is 13.6 Å². The molecule has 0 radical (unpaired) electrons. The highest BCUT2D eigenvalue weighted by Gasteiger charge is 2.12. The number of hydrogen-bond donors (Lipinski definition) is 0. The summed E-state index contributed by atoms with van der Waals surface area (Å²) in [6, 6.07) is 9.25. The van der Waals surface area contributed by atoms with Crippen molar-refractivity contribution in [3.8, 4) is 0 Å². The summed E-state index contributed by atoms with van der Waals surface area (Å²) in [7, 11) is 3.64. The van der Waals surface area contributed by atoms with E-state index in [1.165, 1.54) is 0 Å². The SMILES string of the molecule is CN(Cc1ccn(C)n1)C(=O)c1ccc(Br)cc1. The largest absolute Gasteiger partial charge is 0.336 e. The first kappa shape index (κ1) is 12.8. The van der Waals surface area contributed by atoms with Gasteiger partial charge in [0.05, 0.1) is 12.2 Å². The third kappa shape index (κ3) is 2.98. The van der Waals surface area contributed by atoms with Crippen molar-refractivity contribution in [3.63, 3.8) is 0 Å². The molecule has 0 aliphatic carbocycles. The summed E-state index contributed by atoms with van der Waals surface area (Å²) < 4.78 is 2.69. The number of benzene rings is 1. The number of carbonyl (C=O) groups excluding carboxylic acids is 1. The molecule has 0 aliphatic rings. The topological polar surface area (TPSA) is 38.1 Å². The molecule has 18 heavy (non-hydrogen) atoms. The van der Waals surface area contributed by atoms with Gasteiger partial charge < -0.3 is 4.90 Å². The Kier molecular flexibility index (Phi) is 3.81.